The van der Waals surface area contributed by atoms with Gasteiger partial charge in [0.2, 0.25) is 0 Å². The van der Waals surface area contributed by atoms with E-state index in [-0.39, 0.29) is 23.7 Å². The second-order valence-electron chi connectivity index (χ2n) is 3.72. The Hall–Kier alpha value is -1.12. The Kier molecular flexibility index (Phi) is 3.86. The summed E-state index contributed by atoms with van der Waals surface area (Å²) in [6, 6.07) is 0. The molecule has 0 aliphatic heterocycles. The number of hydrogen-bond donors (Lipinski definition) is 0. The predicted octanol–water partition coefficient (Wildman–Crippen LogP) is 1.86. The molecule has 0 heterocycles. The number of esters is 1. The Labute approximate surface area is 84.1 Å². The van der Waals surface area contributed by atoms with Crippen LogP contribution >= 0.6 is 0 Å². The summed E-state index contributed by atoms with van der Waals surface area (Å²) >= 11 is 0. The van der Waals surface area contributed by atoms with Crippen molar-refractivity contribution >= 4 is 11.8 Å². The van der Waals surface area contributed by atoms with Gasteiger partial charge in [-0.05, 0) is 12.8 Å². The van der Waals surface area contributed by atoms with Crippen LogP contribution in [0.15, 0.2) is 12.2 Å². The first kappa shape index (κ1) is 11.0. The molecular weight excluding hydrogens is 180 g/mol. The Morgan fingerprint density at radius 1 is 1.36 bits per heavy atom. The first-order chi connectivity index (χ1) is 6.65. The number of Topliss-reactive ketones (excluding diaryl/α,β-unsaturated/α-hetero) is 1. The van der Waals surface area contributed by atoms with E-state index in [1.165, 1.54) is 7.11 Å². The van der Waals surface area contributed by atoms with Gasteiger partial charge in [0.25, 0.3) is 0 Å². The molecule has 0 unspecified atom stereocenters. The molecule has 0 saturated heterocycles. The molecule has 3 heteroatoms. The number of carbonyl (C=O) groups excluding carboxylic acids is 2. The summed E-state index contributed by atoms with van der Waals surface area (Å²) in [4.78, 5) is 22.6. The highest BCUT2D eigenvalue weighted by Gasteiger charge is 2.24. The van der Waals surface area contributed by atoms with E-state index in [9.17, 15) is 9.59 Å². The molecule has 0 amide bonds. The van der Waals surface area contributed by atoms with Crippen LogP contribution in [0.5, 0.6) is 0 Å². The van der Waals surface area contributed by atoms with E-state index in [0.29, 0.717) is 0 Å². The minimum atomic E-state index is -0.476. The van der Waals surface area contributed by atoms with Gasteiger partial charge in [0, 0.05) is 17.9 Å². The number of carbonyl (C=O) groups is 2. The lowest BCUT2D eigenvalue weighted by Crippen LogP contribution is -2.15. The molecule has 1 saturated carbocycles. The van der Waals surface area contributed by atoms with Gasteiger partial charge in [-0.25, -0.2) is 4.79 Å². The number of rotatable bonds is 4. The smallest absolute Gasteiger partial charge is 0.333 e. The predicted molar refractivity (Wildman–Crippen MR) is 52.7 cm³/mol. The lowest BCUT2D eigenvalue weighted by atomic mass is 9.97. The van der Waals surface area contributed by atoms with Crippen LogP contribution in [-0.2, 0) is 14.3 Å². The van der Waals surface area contributed by atoms with Crippen LogP contribution < -0.4 is 0 Å². The molecule has 1 aliphatic carbocycles. The maximum atomic E-state index is 11.6. The molecule has 1 aliphatic rings. The molecule has 0 aromatic rings. The fraction of sp³-hybridized carbons (Fsp3) is 0.636. The van der Waals surface area contributed by atoms with Crippen molar-refractivity contribution in [2.45, 2.75) is 32.1 Å². The zero-order valence-electron chi connectivity index (χ0n) is 8.54. The van der Waals surface area contributed by atoms with Crippen LogP contribution in [0.2, 0.25) is 0 Å². The van der Waals surface area contributed by atoms with Crippen LogP contribution in [0.3, 0.4) is 0 Å². The lowest BCUT2D eigenvalue weighted by Gasteiger charge is -2.08. The van der Waals surface area contributed by atoms with Crippen LogP contribution in [-0.4, -0.2) is 18.9 Å². The van der Waals surface area contributed by atoms with Crippen molar-refractivity contribution in [2.24, 2.45) is 5.92 Å². The number of ether oxygens (including phenoxy) is 1. The Morgan fingerprint density at radius 3 is 2.43 bits per heavy atom. The first-order valence-corrected chi connectivity index (χ1v) is 4.94. The summed E-state index contributed by atoms with van der Waals surface area (Å²) in [5.74, 6) is -0.189. The largest absolute Gasteiger partial charge is 0.466 e. The zero-order valence-corrected chi connectivity index (χ0v) is 8.54. The average molecular weight is 196 g/mol. The minimum Gasteiger partial charge on any atom is -0.466 e. The molecule has 0 spiro atoms. The van der Waals surface area contributed by atoms with Gasteiger partial charge in [-0.2, -0.15) is 0 Å². The van der Waals surface area contributed by atoms with E-state index in [1.54, 1.807) is 0 Å². The molecule has 1 rings (SSSR count). The van der Waals surface area contributed by atoms with Crippen molar-refractivity contribution < 1.29 is 14.3 Å². The molecule has 14 heavy (non-hydrogen) atoms. The summed E-state index contributed by atoms with van der Waals surface area (Å²) in [5.41, 5.74) is 0.268. The summed E-state index contributed by atoms with van der Waals surface area (Å²) in [6.45, 7) is 3.54. The number of ketones is 1. The molecular formula is C11H16O3. The Bertz CT molecular complexity index is 249. The molecule has 0 aromatic heterocycles. The average Bonchev–Trinajstić information content (AvgIpc) is 2.69. The highest BCUT2D eigenvalue weighted by atomic mass is 16.5. The minimum absolute atomic E-state index is 0.137. The SMILES string of the molecule is C=C(CC(=O)C1CCCC1)C(=O)OC. The summed E-state index contributed by atoms with van der Waals surface area (Å²) in [7, 11) is 1.30. The molecule has 0 aromatic carbocycles. The van der Waals surface area contributed by atoms with Crippen LogP contribution in [0.1, 0.15) is 32.1 Å². The third-order valence-electron chi connectivity index (χ3n) is 2.67. The normalized spacial score (nSPS) is 16.6. The van der Waals surface area contributed by atoms with Gasteiger partial charge in [0.15, 0.2) is 0 Å². The molecule has 78 valence electrons. The van der Waals surface area contributed by atoms with Crippen molar-refractivity contribution in [2.75, 3.05) is 7.11 Å². The van der Waals surface area contributed by atoms with Crippen molar-refractivity contribution in [3.63, 3.8) is 0 Å². The lowest BCUT2D eigenvalue weighted by molar-refractivity contribution is -0.137. The maximum Gasteiger partial charge on any atom is 0.333 e. The van der Waals surface area contributed by atoms with Crippen LogP contribution in [0.4, 0.5) is 0 Å². The van der Waals surface area contributed by atoms with Gasteiger partial charge in [-0.1, -0.05) is 19.4 Å². The van der Waals surface area contributed by atoms with E-state index in [0.717, 1.165) is 25.7 Å². The van der Waals surface area contributed by atoms with Gasteiger partial charge in [-0.3, -0.25) is 4.79 Å². The van der Waals surface area contributed by atoms with E-state index < -0.39 is 5.97 Å². The van der Waals surface area contributed by atoms with Gasteiger partial charge >= 0.3 is 5.97 Å². The van der Waals surface area contributed by atoms with E-state index >= 15 is 0 Å². The molecule has 0 radical (unpaired) electrons. The molecule has 0 bridgehead atoms. The zero-order chi connectivity index (χ0) is 10.6. The van der Waals surface area contributed by atoms with Crippen molar-refractivity contribution in [1.82, 2.24) is 0 Å². The van der Waals surface area contributed by atoms with E-state index in [1.807, 2.05) is 0 Å². The third-order valence-corrected chi connectivity index (χ3v) is 2.67. The molecule has 3 nitrogen and oxygen atoms in total. The van der Waals surface area contributed by atoms with Crippen molar-refractivity contribution in [3.05, 3.63) is 12.2 Å². The van der Waals surface area contributed by atoms with Crippen LogP contribution in [0, 0.1) is 5.92 Å². The Balaban J connectivity index is 2.39. The van der Waals surface area contributed by atoms with Gasteiger partial charge < -0.3 is 4.74 Å². The highest BCUT2D eigenvalue weighted by Crippen LogP contribution is 2.27. The fourth-order valence-electron chi connectivity index (χ4n) is 1.82. The van der Waals surface area contributed by atoms with Gasteiger partial charge in [-0.15, -0.1) is 0 Å². The van der Waals surface area contributed by atoms with Crippen molar-refractivity contribution in [3.8, 4) is 0 Å². The topological polar surface area (TPSA) is 43.4 Å². The molecule has 0 atom stereocenters. The van der Waals surface area contributed by atoms with Gasteiger partial charge in [0.05, 0.1) is 7.11 Å². The molecule has 0 N–H and O–H groups in total. The van der Waals surface area contributed by atoms with E-state index in [2.05, 4.69) is 11.3 Å². The second-order valence-corrected chi connectivity index (χ2v) is 3.72. The standard InChI is InChI=1S/C11H16O3/c1-8(11(13)14-2)7-10(12)9-5-3-4-6-9/h9H,1,3-7H2,2H3. The van der Waals surface area contributed by atoms with Crippen LogP contribution in [0.25, 0.3) is 0 Å². The Morgan fingerprint density at radius 2 is 1.93 bits per heavy atom. The monoisotopic (exact) mass is 196 g/mol. The fourth-order valence-corrected chi connectivity index (χ4v) is 1.82. The van der Waals surface area contributed by atoms with Gasteiger partial charge in [0.1, 0.15) is 5.78 Å². The third kappa shape index (κ3) is 2.69. The summed E-state index contributed by atoms with van der Waals surface area (Å²) < 4.78 is 4.48. The van der Waals surface area contributed by atoms with E-state index in [4.69, 9.17) is 0 Å². The molecule has 1 fully saturated rings. The van der Waals surface area contributed by atoms with Crippen molar-refractivity contribution in [1.29, 1.82) is 0 Å². The first-order valence-electron chi connectivity index (χ1n) is 4.94. The highest BCUT2D eigenvalue weighted by molar-refractivity contribution is 5.96. The maximum absolute atomic E-state index is 11.6. The summed E-state index contributed by atoms with van der Waals surface area (Å²) in [5, 5.41) is 0. The number of methoxy groups -OCH3 is 1. The number of hydrogen-bond acceptors (Lipinski definition) is 3. The second kappa shape index (κ2) is 4.94. The quantitative estimate of drug-likeness (QED) is 0.509. The summed E-state index contributed by atoms with van der Waals surface area (Å²) in [6.07, 6.45) is 4.33.